The molecule has 16 heteroatoms. The first-order valence-electron chi connectivity index (χ1n) is 18.5. The van der Waals surface area contributed by atoms with Gasteiger partial charge in [0.05, 0.1) is 39.5 Å². The topological polar surface area (TPSA) is 115 Å². The number of hydrogen-bond donors (Lipinski definition) is 0. The zero-order chi connectivity index (χ0) is 40.7. The zero-order valence-electron chi connectivity index (χ0n) is 32.1. The first kappa shape index (κ1) is 41.6. The van der Waals surface area contributed by atoms with Gasteiger partial charge in [0.15, 0.2) is 23.1 Å². The van der Waals surface area contributed by atoms with E-state index in [2.05, 4.69) is 5.16 Å². The number of aromatic nitrogens is 1. The number of rotatable bonds is 10. The van der Waals surface area contributed by atoms with Crippen molar-refractivity contribution < 1.29 is 41.9 Å². The Bertz CT molecular complexity index is 2020. The second-order valence-corrected chi connectivity index (χ2v) is 17.4. The van der Waals surface area contributed by atoms with Crippen LogP contribution in [0.1, 0.15) is 84.2 Å². The van der Waals surface area contributed by atoms with E-state index >= 15 is 4.79 Å². The lowest BCUT2D eigenvalue weighted by Gasteiger charge is -2.50. The van der Waals surface area contributed by atoms with Gasteiger partial charge < -0.3 is 28.5 Å². The summed E-state index contributed by atoms with van der Waals surface area (Å²) < 4.78 is 51.5. The van der Waals surface area contributed by atoms with Crippen LogP contribution >= 0.6 is 34.8 Å². The van der Waals surface area contributed by atoms with E-state index in [0.29, 0.717) is 45.5 Å². The second-order valence-electron chi connectivity index (χ2n) is 16.2. The van der Waals surface area contributed by atoms with Crippen molar-refractivity contribution in [2.45, 2.75) is 110 Å². The SMILES string of the molecule is CC(C)(C)OC(=O)N1CC2CC(c3cc(CCCOc4c(F)ccc(Cl)c4F)no3)=C(C(=O)N(Cc3cccc(Cl)c3Cl)C3CC3)[C@@H](C1)N2C(=O)OC(C)(C)C. The third-order valence-electron chi connectivity index (χ3n) is 9.44. The molecule has 2 fully saturated rings. The Morgan fingerprint density at radius 1 is 0.946 bits per heavy atom. The quantitative estimate of drug-likeness (QED) is 0.147. The summed E-state index contributed by atoms with van der Waals surface area (Å²) in [5.41, 5.74) is 0.319. The van der Waals surface area contributed by atoms with Crippen LogP contribution in [-0.4, -0.2) is 87.0 Å². The van der Waals surface area contributed by atoms with Gasteiger partial charge in [-0.25, -0.2) is 18.4 Å². The number of fused-ring (bicyclic) bond motifs is 2. The van der Waals surface area contributed by atoms with E-state index in [4.69, 9.17) is 53.5 Å². The van der Waals surface area contributed by atoms with Crippen LogP contribution in [0.4, 0.5) is 18.4 Å². The molecular formula is C40H45Cl3F2N4O7. The average Bonchev–Trinajstić information content (AvgIpc) is 3.84. The highest BCUT2D eigenvalue weighted by molar-refractivity contribution is 6.42. The van der Waals surface area contributed by atoms with Gasteiger partial charge in [-0.1, -0.05) is 52.1 Å². The van der Waals surface area contributed by atoms with Crippen LogP contribution in [0.2, 0.25) is 15.1 Å². The first-order valence-corrected chi connectivity index (χ1v) is 19.6. The average molecular weight is 838 g/mol. The molecule has 1 unspecified atom stereocenters. The molecule has 0 spiro atoms. The van der Waals surface area contributed by atoms with Crippen LogP contribution in [0.3, 0.4) is 0 Å². The van der Waals surface area contributed by atoms with Crippen molar-refractivity contribution >= 4 is 58.5 Å². The smallest absolute Gasteiger partial charge is 0.411 e. The number of hydrogen-bond acceptors (Lipinski definition) is 8. The maximum atomic E-state index is 15.2. The highest BCUT2D eigenvalue weighted by Gasteiger charge is 2.51. The molecule has 3 aromatic rings. The van der Waals surface area contributed by atoms with Crippen LogP contribution in [0.15, 0.2) is 46.5 Å². The summed E-state index contributed by atoms with van der Waals surface area (Å²) >= 11 is 18.8. The molecule has 11 nitrogen and oxygen atoms in total. The van der Waals surface area contributed by atoms with E-state index in [1.54, 1.807) is 69.5 Å². The monoisotopic (exact) mass is 836 g/mol. The summed E-state index contributed by atoms with van der Waals surface area (Å²) in [6, 6.07) is 7.42. The highest BCUT2D eigenvalue weighted by atomic mass is 35.5. The number of nitrogens with zero attached hydrogens (tertiary/aromatic N) is 4. The predicted molar refractivity (Wildman–Crippen MR) is 207 cm³/mol. The lowest BCUT2D eigenvalue weighted by atomic mass is 9.83. The number of halogens is 5. The Morgan fingerprint density at radius 2 is 1.64 bits per heavy atom. The Balaban J connectivity index is 1.37. The summed E-state index contributed by atoms with van der Waals surface area (Å²) in [6.07, 6.45) is 1.08. The van der Waals surface area contributed by atoms with Gasteiger partial charge in [0.25, 0.3) is 5.91 Å². The molecule has 2 bridgehead atoms. The molecule has 0 radical (unpaired) electrons. The fourth-order valence-electron chi connectivity index (χ4n) is 6.88. The molecule has 302 valence electrons. The second kappa shape index (κ2) is 16.4. The summed E-state index contributed by atoms with van der Waals surface area (Å²) in [6.45, 7) is 10.7. The lowest BCUT2D eigenvalue weighted by Crippen LogP contribution is -2.66. The van der Waals surface area contributed by atoms with Gasteiger partial charge in [0.1, 0.15) is 11.2 Å². The molecule has 2 atom stereocenters. The number of carbonyl (C=O) groups is 3. The Hall–Kier alpha value is -4.07. The van der Waals surface area contributed by atoms with Crippen molar-refractivity contribution in [1.29, 1.82) is 0 Å². The molecule has 3 aliphatic rings. The number of piperazine rings is 1. The Labute approximate surface area is 339 Å². The van der Waals surface area contributed by atoms with Crippen molar-refractivity contribution in [3.8, 4) is 5.75 Å². The van der Waals surface area contributed by atoms with Crippen LogP contribution in [0, 0.1) is 11.6 Å². The van der Waals surface area contributed by atoms with Gasteiger partial charge in [0.2, 0.25) is 0 Å². The molecule has 1 saturated carbocycles. The third-order valence-corrected chi connectivity index (χ3v) is 10.6. The van der Waals surface area contributed by atoms with E-state index in [9.17, 15) is 18.4 Å². The summed E-state index contributed by atoms with van der Waals surface area (Å²) in [7, 11) is 0. The number of benzene rings is 2. The summed E-state index contributed by atoms with van der Waals surface area (Å²) in [5.74, 6) is -2.46. The third kappa shape index (κ3) is 9.54. The number of carbonyl (C=O) groups excluding carboxylic acids is 3. The zero-order valence-corrected chi connectivity index (χ0v) is 34.4. The van der Waals surface area contributed by atoms with Gasteiger partial charge in [-0.2, -0.15) is 0 Å². The van der Waals surface area contributed by atoms with E-state index in [1.165, 1.54) is 4.90 Å². The van der Waals surface area contributed by atoms with Gasteiger partial charge in [-0.05, 0) is 97.4 Å². The van der Waals surface area contributed by atoms with E-state index in [0.717, 1.165) is 25.0 Å². The van der Waals surface area contributed by atoms with Crippen LogP contribution in [0.5, 0.6) is 5.75 Å². The molecular weight excluding hydrogens is 793 g/mol. The predicted octanol–water partition coefficient (Wildman–Crippen LogP) is 9.50. The largest absolute Gasteiger partial charge is 0.488 e. The molecule has 6 rings (SSSR count). The molecule has 2 aromatic carbocycles. The van der Waals surface area contributed by atoms with Crippen LogP contribution in [-0.2, 0) is 27.2 Å². The fourth-order valence-corrected chi connectivity index (χ4v) is 7.41. The minimum absolute atomic E-state index is 0.0410. The molecule has 1 saturated heterocycles. The van der Waals surface area contributed by atoms with Crippen molar-refractivity contribution in [2.75, 3.05) is 19.7 Å². The van der Waals surface area contributed by atoms with Crippen molar-refractivity contribution in [3.63, 3.8) is 0 Å². The molecule has 3 amide bonds. The standard InChI is InChI=1S/C40H45Cl3F2N4O7/c1-39(2,3)54-37(51)47-20-25-18-26(31-17-23(46-56-31)10-8-16-53-35-29(44)15-14-28(42)34(35)45)32(30(21-47)49(25)38(52)55-40(4,5)6)36(50)48(24-12-13-24)19-22-9-7-11-27(41)33(22)43/h7,9,11,14-15,17,24-25,30H,8,10,12-13,16,18-21H2,1-6H3/t25?,30-/m1/s1. The maximum Gasteiger partial charge on any atom is 0.411 e. The summed E-state index contributed by atoms with van der Waals surface area (Å²) in [5, 5.41) is 4.69. The highest BCUT2D eigenvalue weighted by Crippen LogP contribution is 2.43. The molecule has 56 heavy (non-hydrogen) atoms. The Kier molecular flexibility index (Phi) is 12.2. The van der Waals surface area contributed by atoms with Gasteiger partial charge >= 0.3 is 12.2 Å². The van der Waals surface area contributed by atoms with Gasteiger partial charge in [0, 0.05) is 42.9 Å². The molecule has 2 aliphatic heterocycles. The maximum absolute atomic E-state index is 15.2. The van der Waals surface area contributed by atoms with Crippen LogP contribution in [0.25, 0.3) is 5.57 Å². The summed E-state index contributed by atoms with van der Waals surface area (Å²) in [4.78, 5) is 47.6. The molecule has 3 heterocycles. The first-order chi connectivity index (χ1) is 26.3. The normalized spacial score (nSPS) is 18.6. The van der Waals surface area contributed by atoms with Crippen molar-refractivity contribution in [3.05, 3.63) is 85.7 Å². The minimum Gasteiger partial charge on any atom is -0.488 e. The fraction of sp³-hybridized carbons (Fsp3) is 0.500. The van der Waals surface area contributed by atoms with Crippen molar-refractivity contribution in [1.82, 2.24) is 19.9 Å². The van der Waals surface area contributed by atoms with Crippen molar-refractivity contribution in [2.24, 2.45) is 0 Å². The molecule has 0 N–H and O–H groups in total. The van der Waals surface area contributed by atoms with Gasteiger partial charge in [-0.3, -0.25) is 9.69 Å². The van der Waals surface area contributed by atoms with Gasteiger partial charge in [-0.15, -0.1) is 0 Å². The number of amides is 3. The van der Waals surface area contributed by atoms with E-state index in [1.807, 2.05) is 6.07 Å². The Morgan fingerprint density at radius 3 is 2.32 bits per heavy atom. The minimum atomic E-state index is -0.981. The van der Waals surface area contributed by atoms with E-state index in [-0.39, 0.29) is 55.2 Å². The number of ether oxygens (including phenoxy) is 3. The molecule has 1 aromatic heterocycles. The lowest BCUT2D eigenvalue weighted by molar-refractivity contribution is -0.129. The van der Waals surface area contributed by atoms with E-state index < -0.39 is 52.9 Å². The van der Waals surface area contributed by atoms with Crippen LogP contribution < -0.4 is 4.74 Å². The number of aryl methyl sites for hydroxylation is 1. The molecule has 1 aliphatic carbocycles.